The van der Waals surface area contributed by atoms with E-state index in [-0.39, 0.29) is 16.6 Å². The lowest BCUT2D eigenvalue weighted by molar-refractivity contribution is -0.0159. The van der Waals surface area contributed by atoms with Crippen LogP contribution in [0.4, 0.5) is 0 Å². The Balaban J connectivity index is 2.79. The zero-order chi connectivity index (χ0) is 16.9. The second-order valence-corrected chi connectivity index (χ2v) is 8.04. The smallest absolute Gasteiger partial charge is 0.178 e. The highest BCUT2D eigenvalue weighted by Crippen LogP contribution is 2.24. The molecule has 1 aromatic rings. The molecule has 0 bridgehead atoms. The van der Waals surface area contributed by atoms with E-state index in [1.165, 1.54) is 0 Å². The van der Waals surface area contributed by atoms with Gasteiger partial charge in [0.15, 0.2) is 9.84 Å². The number of hydrogen-bond donors (Lipinski definition) is 2. The van der Waals surface area contributed by atoms with Crippen molar-refractivity contribution in [3.8, 4) is 0 Å². The van der Waals surface area contributed by atoms with E-state index in [2.05, 4.69) is 6.58 Å². The summed E-state index contributed by atoms with van der Waals surface area (Å²) in [5.74, 6) is -1.24. The molecule has 124 valence electrons. The molecule has 0 saturated heterocycles. The molecule has 0 aliphatic rings. The Morgan fingerprint density at radius 3 is 2.14 bits per heavy atom. The van der Waals surface area contributed by atoms with Crippen LogP contribution in [0.25, 0.3) is 0 Å². The summed E-state index contributed by atoms with van der Waals surface area (Å²) < 4.78 is 24.7. The molecule has 22 heavy (non-hydrogen) atoms. The third-order valence-corrected chi connectivity index (χ3v) is 6.11. The van der Waals surface area contributed by atoms with Crippen molar-refractivity contribution in [3.63, 3.8) is 0 Å². The quantitative estimate of drug-likeness (QED) is 0.719. The number of hydrogen-bond acceptors (Lipinski definition) is 4. The van der Waals surface area contributed by atoms with Gasteiger partial charge in [0.1, 0.15) is 0 Å². The molecule has 4 nitrogen and oxygen atoms in total. The van der Waals surface area contributed by atoms with Gasteiger partial charge in [-0.2, -0.15) is 0 Å². The molecule has 0 fully saturated rings. The third kappa shape index (κ3) is 4.66. The molecular formula is C17H26O4S. The fourth-order valence-corrected chi connectivity index (χ4v) is 4.16. The molecule has 3 unspecified atom stereocenters. The van der Waals surface area contributed by atoms with E-state index in [9.17, 15) is 18.6 Å². The van der Waals surface area contributed by atoms with Crippen LogP contribution in [-0.4, -0.2) is 36.6 Å². The van der Waals surface area contributed by atoms with Gasteiger partial charge in [0.25, 0.3) is 0 Å². The van der Waals surface area contributed by atoms with Gasteiger partial charge in [-0.1, -0.05) is 45.0 Å². The summed E-state index contributed by atoms with van der Waals surface area (Å²) in [6, 6.07) is 8.20. The van der Waals surface area contributed by atoms with Crippen LogP contribution in [0, 0.1) is 17.8 Å². The molecule has 1 aromatic carbocycles. The SMILES string of the molecule is C=CC(C)[C@H](O)C(C)C(O)[C@@H](C)CS(=O)(=O)c1ccccc1. The maximum absolute atomic E-state index is 12.3. The molecule has 0 aliphatic carbocycles. The topological polar surface area (TPSA) is 74.6 Å². The Bertz CT molecular complexity index is 568. The predicted molar refractivity (Wildman–Crippen MR) is 88.2 cm³/mol. The lowest BCUT2D eigenvalue weighted by Crippen LogP contribution is -2.39. The van der Waals surface area contributed by atoms with Crippen molar-refractivity contribution >= 4 is 9.84 Å². The van der Waals surface area contributed by atoms with E-state index in [4.69, 9.17) is 0 Å². The molecule has 2 N–H and O–H groups in total. The fourth-order valence-electron chi connectivity index (χ4n) is 2.51. The normalized spacial score (nSPS) is 19.0. The van der Waals surface area contributed by atoms with Crippen LogP contribution >= 0.6 is 0 Å². The minimum absolute atomic E-state index is 0.155. The summed E-state index contributed by atoms with van der Waals surface area (Å²) in [7, 11) is -3.45. The first-order valence-electron chi connectivity index (χ1n) is 7.47. The Morgan fingerprint density at radius 1 is 1.09 bits per heavy atom. The maximum Gasteiger partial charge on any atom is 0.178 e. The number of aliphatic hydroxyl groups is 2. The van der Waals surface area contributed by atoms with Gasteiger partial charge in [-0.25, -0.2) is 8.42 Å². The van der Waals surface area contributed by atoms with E-state index >= 15 is 0 Å². The minimum atomic E-state index is -3.45. The maximum atomic E-state index is 12.3. The van der Waals surface area contributed by atoms with Gasteiger partial charge in [0, 0.05) is 11.8 Å². The first-order chi connectivity index (χ1) is 10.2. The van der Waals surface area contributed by atoms with E-state index < -0.39 is 33.9 Å². The van der Waals surface area contributed by atoms with E-state index in [0.29, 0.717) is 0 Å². The lowest BCUT2D eigenvalue weighted by Gasteiger charge is -2.30. The summed E-state index contributed by atoms with van der Waals surface area (Å²) in [6.07, 6.45) is -0.0375. The average molecular weight is 326 g/mol. The summed E-state index contributed by atoms with van der Waals surface area (Å²) >= 11 is 0. The molecule has 0 heterocycles. The minimum Gasteiger partial charge on any atom is -0.392 e. The predicted octanol–water partition coefficient (Wildman–Crippen LogP) is 2.28. The average Bonchev–Trinajstić information content (AvgIpc) is 2.52. The zero-order valence-corrected chi connectivity index (χ0v) is 14.2. The molecule has 0 saturated carbocycles. The second-order valence-electron chi connectivity index (χ2n) is 6.01. The standard InChI is InChI=1S/C17H26O4S/c1-5-12(2)16(18)14(4)17(19)13(3)11-22(20,21)15-9-7-6-8-10-15/h5-10,12-14,16-19H,1,11H2,2-4H3/t12?,13-,14?,16-,17?/m0/s1. The largest absolute Gasteiger partial charge is 0.392 e. The molecule has 0 spiro atoms. The molecule has 0 aromatic heterocycles. The van der Waals surface area contributed by atoms with Gasteiger partial charge in [0.2, 0.25) is 0 Å². The van der Waals surface area contributed by atoms with E-state index in [1.54, 1.807) is 50.3 Å². The van der Waals surface area contributed by atoms with Gasteiger partial charge < -0.3 is 10.2 Å². The van der Waals surface area contributed by atoms with Crippen LogP contribution in [0.15, 0.2) is 47.9 Å². The van der Waals surface area contributed by atoms with Crippen LogP contribution in [0.1, 0.15) is 20.8 Å². The van der Waals surface area contributed by atoms with Crippen LogP contribution in [0.2, 0.25) is 0 Å². The molecule has 5 atom stereocenters. The van der Waals surface area contributed by atoms with E-state index in [0.717, 1.165) is 0 Å². The molecule has 0 amide bonds. The van der Waals surface area contributed by atoms with Crippen LogP contribution in [0.5, 0.6) is 0 Å². The first kappa shape index (κ1) is 18.9. The molecule has 1 rings (SSSR count). The van der Waals surface area contributed by atoms with Crippen molar-refractivity contribution in [1.29, 1.82) is 0 Å². The Labute approximate surface area is 133 Å². The monoisotopic (exact) mass is 326 g/mol. The number of sulfone groups is 1. The number of rotatable bonds is 8. The summed E-state index contributed by atoms with van der Waals surface area (Å²) in [5, 5.41) is 20.5. The Morgan fingerprint density at radius 2 is 1.64 bits per heavy atom. The third-order valence-electron chi connectivity index (χ3n) is 4.16. The highest BCUT2D eigenvalue weighted by Gasteiger charge is 2.32. The molecule has 5 heteroatoms. The van der Waals surface area contributed by atoms with Crippen molar-refractivity contribution in [3.05, 3.63) is 43.0 Å². The van der Waals surface area contributed by atoms with Crippen LogP contribution in [0.3, 0.4) is 0 Å². The number of aliphatic hydroxyl groups excluding tert-OH is 2. The van der Waals surface area contributed by atoms with Crippen molar-refractivity contribution < 1.29 is 18.6 Å². The van der Waals surface area contributed by atoms with Gasteiger partial charge in [-0.15, -0.1) is 6.58 Å². The zero-order valence-electron chi connectivity index (χ0n) is 13.4. The fraction of sp³-hybridized carbons (Fsp3) is 0.529. The van der Waals surface area contributed by atoms with Crippen molar-refractivity contribution in [2.45, 2.75) is 37.9 Å². The van der Waals surface area contributed by atoms with Crippen molar-refractivity contribution in [2.75, 3.05) is 5.75 Å². The van der Waals surface area contributed by atoms with Gasteiger partial charge in [-0.05, 0) is 18.1 Å². The highest BCUT2D eigenvalue weighted by molar-refractivity contribution is 7.91. The van der Waals surface area contributed by atoms with Gasteiger partial charge in [-0.3, -0.25) is 0 Å². The Kier molecular flexibility index (Phi) is 6.78. The van der Waals surface area contributed by atoms with Gasteiger partial charge >= 0.3 is 0 Å². The highest BCUT2D eigenvalue weighted by atomic mass is 32.2. The summed E-state index contributed by atoms with van der Waals surface area (Å²) in [6.45, 7) is 8.85. The van der Waals surface area contributed by atoms with Crippen molar-refractivity contribution in [2.24, 2.45) is 17.8 Å². The molecular weight excluding hydrogens is 300 g/mol. The molecule has 0 aliphatic heterocycles. The Hall–Kier alpha value is -1.17. The first-order valence-corrected chi connectivity index (χ1v) is 9.12. The lowest BCUT2D eigenvalue weighted by atomic mass is 9.85. The summed E-state index contributed by atoms with van der Waals surface area (Å²) in [4.78, 5) is 0.252. The van der Waals surface area contributed by atoms with Crippen LogP contribution in [-0.2, 0) is 9.84 Å². The second kappa shape index (κ2) is 7.90. The van der Waals surface area contributed by atoms with Crippen LogP contribution < -0.4 is 0 Å². The molecule has 0 radical (unpaired) electrons. The number of benzene rings is 1. The summed E-state index contributed by atoms with van der Waals surface area (Å²) in [5.41, 5.74) is 0. The van der Waals surface area contributed by atoms with Gasteiger partial charge in [0.05, 0.1) is 22.9 Å². The van der Waals surface area contributed by atoms with Crippen molar-refractivity contribution in [1.82, 2.24) is 0 Å². The van der Waals surface area contributed by atoms with E-state index in [1.807, 2.05) is 6.92 Å².